The van der Waals surface area contributed by atoms with Crippen LogP contribution in [0, 0.1) is 0 Å². The number of hydrogen-bond donors (Lipinski definition) is 0. The highest BCUT2D eigenvalue weighted by molar-refractivity contribution is 5.92. The monoisotopic (exact) mass is 512 g/mol. The smallest absolute Gasteiger partial charge is 0.0105 e. The number of rotatable bonds is 6. The predicted octanol–water partition coefficient (Wildman–Crippen LogP) is 10.6. The first-order valence-corrected chi connectivity index (χ1v) is 13.6. The van der Waals surface area contributed by atoms with Crippen LogP contribution in [0.5, 0.6) is 0 Å². The summed E-state index contributed by atoms with van der Waals surface area (Å²) in [4.78, 5) is 0. The van der Waals surface area contributed by atoms with Crippen molar-refractivity contribution in [3.05, 3.63) is 215 Å². The molecule has 40 heavy (non-hydrogen) atoms. The molecule has 192 valence electrons. The summed E-state index contributed by atoms with van der Waals surface area (Å²) in [5.74, 6) is 0. The van der Waals surface area contributed by atoms with Crippen molar-refractivity contribution in [2.75, 3.05) is 0 Å². The third-order valence-electron chi connectivity index (χ3n) is 6.56. The molecule has 0 radical (unpaired) electrons. The molecule has 0 nitrogen and oxygen atoms in total. The highest BCUT2D eigenvalue weighted by Gasteiger charge is 2.05. The maximum absolute atomic E-state index is 2.24. The summed E-state index contributed by atoms with van der Waals surface area (Å²) in [6.07, 6.45) is 4.48. The van der Waals surface area contributed by atoms with Crippen molar-refractivity contribution >= 4 is 23.3 Å². The zero-order valence-electron chi connectivity index (χ0n) is 22.5. The molecule has 6 aromatic carbocycles. The van der Waals surface area contributed by atoms with Crippen molar-refractivity contribution in [3.63, 3.8) is 0 Å². The fourth-order valence-electron chi connectivity index (χ4n) is 4.57. The average Bonchev–Trinajstić information content (AvgIpc) is 3.05. The van der Waals surface area contributed by atoms with Gasteiger partial charge in [0.25, 0.3) is 0 Å². The van der Waals surface area contributed by atoms with Gasteiger partial charge in [0.2, 0.25) is 0 Å². The standard InChI is InChI=1S/2C20H16/c2*1-4-10-17(11-5-1)16-20(18-12-6-2-7-13-18)19-14-8-3-9-15-19/h2*1-16H. The van der Waals surface area contributed by atoms with E-state index in [0.717, 1.165) is 0 Å². The van der Waals surface area contributed by atoms with Crippen LogP contribution in [0.4, 0.5) is 0 Å². The van der Waals surface area contributed by atoms with Crippen LogP contribution in [0.25, 0.3) is 23.3 Å². The van der Waals surface area contributed by atoms with Crippen LogP contribution in [-0.2, 0) is 0 Å². The first-order chi connectivity index (χ1) is 19.9. The van der Waals surface area contributed by atoms with Gasteiger partial charge >= 0.3 is 0 Å². The Balaban J connectivity index is 0.000000161. The average molecular weight is 513 g/mol. The van der Waals surface area contributed by atoms with Crippen molar-refractivity contribution < 1.29 is 0 Å². The Hall–Kier alpha value is -5.20. The minimum atomic E-state index is 1.22. The third kappa shape index (κ3) is 7.43. The van der Waals surface area contributed by atoms with Crippen LogP contribution in [0.15, 0.2) is 182 Å². The normalized spacial score (nSPS) is 10.0. The van der Waals surface area contributed by atoms with E-state index in [1.165, 1.54) is 44.5 Å². The maximum Gasteiger partial charge on any atom is -0.0105 e. The van der Waals surface area contributed by atoms with E-state index in [1.54, 1.807) is 0 Å². The number of hydrogen-bond acceptors (Lipinski definition) is 0. The Kier molecular flexibility index (Phi) is 9.30. The molecule has 0 bridgehead atoms. The van der Waals surface area contributed by atoms with Crippen LogP contribution < -0.4 is 0 Å². The molecule has 0 atom stereocenters. The van der Waals surface area contributed by atoms with Gasteiger partial charge in [-0.05, 0) is 56.7 Å². The SMILES string of the molecule is C(=C(c1ccccc1)c1ccccc1)c1ccccc1.C(=C(c1ccccc1)c1ccccc1)c1ccccc1. The minimum absolute atomic E-state index is 1.22. The van der Waals surface area contributed by atoms with E-state index in [2.05, 4.69) is 182 Å². The molecular weight excluding hydrogens is 480 g/mol. The van der Waals surface area contributed by atoms with E-state index < -0.39 is 0 Å². The zero-order valence-corrected chi connectivity index (χ0v) is 22.5. The molecule has 0 aliphatic heterocycles. The van der Waals surface area contributed by atoms with Gasteiger partial charge in [-0.25, -0.2) is 0 Å². The second-order valence-electron chi connectivity index (χ2n) is 9.40. The lowest BCUT2D eigenvalue weighted by molar-refractivity contribution is 1.55. The lowest BCUT2D eigenvalue weighted by Gasteiger charge is -2.08. The lowest BCUT2D eigenvalue weighted by Crippen LogP contribution is -1.87. The van der Waals surface area contributed by atoms with Crippen molar-refractivity contribution in [1.29, 1.82) is 0 Å². The third-order valence-corrected chi connectivity index (χ3v) is 6.56. The van der Waals surface area contributed by atoms with Crippen molar-refractivity contribution in [1.82, 2.24) is 0 Å². The molecular formula is C40H32. The molecule has 0 heteroatoms. The Labute approximate surface area is 238 Å². The highest BCUT2D eigenvalue weighted by atomic mass is 14.1. The second kappa shape index (κ2) is 14.1. The van der Waals surface area contributed by atoms with Gasteiger partial charge in [0.05, 0.1) is 0 Å². The van der Waals surface area contributed by atoms with Gasteiger partial charge in [-0.1, -0.05) is 182 Å². The van der Waals surface area contributed by atoms with Crippen molar-refractivity contribution in [2.45, 2.75) is 0 Å². The molecule has 0 aromatic heterocycles. The lowest BCUT2D eigenvalue weighted by atomic mass is 9.96. The fraction of sp³-hybridized carbons (Fsp3) is 0. The zero-order chi connectivity index (χ0) is 27.2. The van der Waals surface area contributed by atoms with Gasteiger partial charge in [0.15, 0.2) is 0 Å². The number of benzene rings is 6. The van der Waals surface area contributed by atoms with Crippen LogP contribution in [0.1, 0.15) is 33.4 Å². The topological polar surface area (TPSA) is 0 Å². The Bertz CT molecular complexity index is 1410. The van der Waals surface area contributed by atoms with Crippen molar-refractivity contribution in [2.24, 2.45) is 0 Å². The fourth-order valence-corrected chi connectivity index (χ4v) is 4.57. The highest BCUT2D eigenvalue weighted by Crippen LogP contribution is 2.27. The van der Waals surface area contributed by atoms with Gasteiger partial charge in [-0.15, -0.1) is 0 Å². The van der Waals surface area contributed by atoms with E-state index in [-0.39, 0.29) is 0 Å². The van der Waals surface area contributed by atoms with Gasteiger partial charge in [0.1, 0.15) is 0 Å². The molecule has 0 N–H and O–H groups in total. The molecule has 0 saturated carbocycles. The Morgan fingerprint density at radius 3 is 0.675 bits per heavy atom. The molecule has 6 rings (SSSR count). The molecule has 0 spiro atoms. The van der Waals surface area contributed by atoms with E-state index in [4.69, 9.17) is 0 Å². The van der Waals surface area contributed by atoms with E-state index >= 15 is 0 Å². The summed E-state index contributed by atoms with van der Waals surface area (Å²) in [7, 11) is 0. The summed E-state index contributed by atoms with van der Waals surface area (Å²) in [5, 5.41) is 0. The van der Waals surface area contributed by atoms with Gasteiger partial charge < -0.3 is 0 Å². The summed E-state index contributed by atoms with van der Waals surface area (Å²) in [6, 6.07) is 63.0. The van der Waals surface area contributed by atoms with Gasteiger partial charge in [-0.3, -0.25) is 0 Å². The van der Waals surface area contributed by atoms with Crippen LogP contribution in [0.2, 0.25) is 0 Å². The molecule has 0 saturated heterocycles. The van der Waals surface area contributed by atoms with Gasteiger partial charge in [-0.2, -0.15) is 0 Å². The molecule has 0 amide bonds. The van der Waals surface area contributed by atoms with Crippen LogP contribution >= 0.6 is 0 Å². The molecule has 0 unspecified atom stereocenters. The summed E-state index contributed by atoms with van der Waals surface area (Å²) < 4.78 is 0. The van der Waals surface area contributed by atoms with Crippen LogP contribution in [0.3, 0.4) is 0 Å². The largest absolute Gasteiger partial charge is 0.0622 e. The summed E-state index contributed by atoms with van der Waals surface area (Å²) in [6.45, 7) is 0. The van der Waals surface area contributed by atoms with Gasteiger partial charge in [0, 0.05) is 0 Å². The van der Waals surface area contributed by atoms with E-state index in [9.17, 15) is 0 Å². The quantitative estimate of drug-likeness (QED) is 0.195. The van der Waals surface area contributed by atoms with Crippen LogP contribution in [-0.4, -0.2) is 0 Å². The second-order valence-corrected chi connectivity index (χ2v) is 9.40. The molecule has 0 aliphatic carbocycles. The first kappa shape index (κ1) is 26.4. The molecule has 0 aliphatic rings. The molecule has 6 aromatic rings. The summed E-state index contributed by atoms with van der Waals surface area (Å²) >= 11 is 0. The summed E-state index contributed by atoms with van der Waals surface area (Å²) in [5.41, 5.74) is 9.88. The first-order valence-electron chi connectivity index (χ1n) is 13.6. The van der Waals surface area contributed by atoms with E-state index in [0.29, 0.717) is 0 Å². The molecule has 0 fully saturated rings. The minimum Gasteiger partial charge on any atom is -0.0622 e. The van der Waals surface area contributed by atoms with E-state index in [1.807, 2.05) is 12.1 Å². The Morgan fingerprint density at radius 2 is 0.450 bits per heavy atom. The maximum atomic E-state index is 2.24. The van der Waals surface area contributed by atoms with Crippen molar-refractivity contribution in [3.8, 4) is 0 Å². The molecule has 0 heterocycles. The predicted molar refractivity (Wildman–Crippen MR) is 173 cm³/mol. The Morgan fingerprint density at radius 1 is 0.250 bits per heavy atom.